The SMILES string of the molecule is CC(C)CCC(C)NS(=O)(=O)C1CCCNC1. The van der Waals surface area contributed by atoms with Gasteiger partial charge in [0.15, 0.2) is 0 Å². The standard InChI is InChI=1S/C12H26N2O2S/c1-10(2)6-7-11(3)14-17(15,16)12-5-4-8-13-9-12/h10-14H,4-9H2,1-3H3. The van der Waals surface area contributed by atoms with Gasteiger partial charge in [0.1, 0.15) is 0 Å². The molecule has 1 rings (SSSR count). The van der Waals surface area contributed by atoms with E-state index in [1.165, 1.54) is 0 Å². The smallest absolute Gasteiger partial charge is 0.215 e. The Labute approximate surface area is 106 Å². The van der Waals surface area contributed by atoms with Crippen molar-refractivity contribution in [2.75, 3.05) is 13.1 Å². The average Bonchev–Trinajstić information content (AvgIpc) is 2.27. The Morgan fingerprint density at radius 1 is 1.29 bits per heavy atom. The van der Waals surface area contributed by atoms with Crippen LogP contribution in [-0.2, 0) is 10.0 Å². The Balaban J connectivity index is 2.42. The predicted octanol–water partition coefficient (Wildman–Crippen LogP) is 1.48. The Morgan fingerprint density at radius 2 is 2.00 bits per heavy atom. The Morgan fingerprint density at radius 3 is 2.53 bits per heavy atom. The number of sulfonamides is 1. The molecular weight excluding hydrogens is 236 g/mol. The van der Waals surface area contributed by atoms with Crippen LogP contribution in [0.3, 0.4) is 0 Å². The Hall–Kier alpha value is -0.130. The minimum atomic E-state index is -3.14. The van der Waals surface area contributed by atoms with Crippen LogP contribution in [0.25, 0.3) is 0 Å². The van der Waals surface area contributed by atoms with Gasteiger partial charge in [0.25, 0.3) is 0 Å². The Bertz CT molecular complexity index is 308. The molecule has 1 aliphatic heterocycles. The van der Waals surface area contributed by atoms with E-state index in [2.05, 4.69) is 23.9 Å². The summed E-state index contributed by atoms with van der Waals surface area (Å²) in [5, 5.41) is 2.89. The molecule has 0 saturated carbocycles. The van der Waals surface area contributed by atoms with E-state index in [9.17, 15) is 8.42 Å². The summed E-state index contributed by atoms with van der Waals surface area (Å²) in [5.41, 5.74) is 0. The van der Waals surface area contributed by atoms with Crippen molar-refractivity contribution in [2.24, 2.45) is 5.92 Å². The van der Waals surface area contributed by atoms with Gasteiger partial charge in [-0.1, -0.05) is 13.8 Å². The molecule has 1 aliphatic rings. The van der Waals surface area contributed by atoms with E-state index < -0.39 is 10.0 Å². The molecule has 0 aromatic heterocycles. The molecule has 2 N–H and O–H groups in total. The molecule has 2 atom stereocenters. The molecule has 1 heterocycles. The summed E-state index contributed by atoms with van der Waals surface area (Å²) in [6, 6.07) is 0.0457. The van der Waals surface area contributed by atoms with Crippen LogP contribution in [0.4, 0.5) is 0 Å². The largest absolute Gasteiger partial charge is 0.315 e. The highest BCUT2D eigenvalue weighted by Gasteiger charge is 2.28. The molecular formula is C12H26N2O2S. The fourth-order valence-electron chi connectivity index (χ4n) is 2.10. The highest BCUT2D eigenvalue weighted by Crippen LogP contribution is 2.13. The van der Waals surface area contributed by atoms with Crippen LogP contribution < -0.4 is 10.0 Å². The lowest BCUT2D eigenvalue weighted by Gasteiger charge is -2.25. The zero-order valence-electron chi connectivity index (χ0n) is 11.2. The average molecular weight is 262 g/mol. The van der Waals surface area contributed by atoms with E-state index >= 15 is 0 Å². The highest BCUT2D eigenvalue weighted by molar-refractivity contribution is 7.90. The first kappa shape index (κ1) is 14.9. The molecule has 0 spiro atoms. The Kier molecular flexibility index (Phi) is 5.89. The molecule has 102 valence electrons. The maximum atomic E-state index is 12.1. The van der Waals surface area contributed by atoms with Crippen LogP contribution in [0.15, 0.2) is 0 Å². The molecule has 0 aromatic carbocycles. The number of nitrogens with one attached hydrogen (secondary N) is 2. The topological polar surface area (TPSA) is 58.2 Å². The molecule has 0 aromatic rings. The van der Waals surface area contributed by atoms with Crippen molar-refractivity contribution < 1.29 is 8.42 Å². The van der Waals surface area contributed by atoms with Crippen molar-refractivity contribution in [2.45, 2.75) is 57.7 Å². The number of hydrogen-bond acceptors (Lipinski definition) is 3. The summed E-state index contributed by atoms with van der Waals surface area (Å²) in [6.07, 6.45) is 3.70. The predicted molar refractivity (Wildman–Crippen MR) is 71.5 cm³/mol. The third-order valence-corrected chi connectivity index (χ3v) is 5.24. The lowest BCUT2D eigenvalue weighted by Crippen LogP contribution is -2.46. The van der Waals surface area contributed by atoms with Crippen LogP contribution in [-0.4, -0.2) is 32.8 Å². The van der Waals surface area contributed by atoms with E-state index in [0.29, 0.717) is 12.5 Å². The molecule has 17 heavy (non-hydrogen) atoms. The fraction of sp³-hybridized carbons (Fsp3) is 1.00. The van der Waals surface area contributed by atoms with Crippen LogP contribution in [0.5, 0.6) is 0 Å². The zero-order valence-corrected chi connectivity index (χ0v) is 12.0. The lowest BCUT2D eigenvalue weighted by atomic mass is 10.1. The summed E-state index contributed by atoms with van der Waals surface area (Å²) in [6.45, 7) is 7.80. The van der Waals surface area contributed by atoms with E-state index in [4.69, 9.17) is 0 Å². The van der Waals surface area contributed by atoms with Crippen molar-refractivity contribution >= 4 is 10.0 Å². The van der Waals surface area contributed by atoms with Gasteiger partial charge < -0.3 is 5.32 Å². The zero-order chi connectivity index (χ0) is 12.9. The minimum absolute atomic E-state index is 0.0457. The van der Waals surface area contributed by atoms with Gasteiger partial charge >= 0.3 is 0 Å². The normalized spacial score (nSPS) is 23.9. The second kappa shape index (κ2) is 6.71. The summed E-state index contributed by atoms with van der Waals surface area (Å²) in [5.74, 6) is 0.623. The second-order valence-electron chi connectivity index (χ2n) is 5.50. The quantitative estimate of drug-likeness (QED) is 0.762. The van der Waals surface area contributed by atoms with Crippen LogP contribution in [0.1, 0.15) is 46.5 Å². The number of rotatable bonds is 6. The monoisotopic (exact) mass is 262 g/mol. The van der Waals surface area contributed by atoms with Crippen LogP contribution in [0.2, 0.25) is 0 Å². The van der Waals surface area contributed by atoms with Gasteiger partial charge in [0.05, 0.1) is 5.25 Å². The summed E-state index contributed by atoms with van der Waals surface area (Å²) in [4.78, 5) is 0. The molecule has 1 fully saturated rings. The van der Waals surface area contributed by atoms with Gasteiger partial charge in [0, 0.05) is 12.6 Å². The fourth-order valence-corrected chi connectivity index (χ4v) is 3.79. The minimum Gasteiger partial charge on any atom is -0.315 e. The van der Waals surface area contributed by atoms with Gasteiger partial charge in [-0.15, -0.1) is 0 Å². The highest BCUT2D eigenvalue weighted by atomic mass is 32.2. The van der Waals surface area contributed by atoms with E-state index in [-0.39, 0.29) is 11.3 Å². The number of hydrogen-bond donors (Lipinski definition) is 2. The van der Waals surface area contributed by atoms with Gasteiger partial charge in [-0.3, -0.25) is 0 Å². The third kappa shape index (κ3) is 5.36. The van der Waals surface area contributed by atoms with Crippen molar-refractivity contribution in [3.05, 3.63) is 0 Å². The molecule has 2 unspecified atom stereocenters. The van der Waals surface area contributed by atoms with E-state index in [1.807, 2.05) is 6.92 Å². The van der Waals surface area contributed by atoms with Gasteiger partial charge in [-0.25, -0.2) is 13.1 Å². The first-order valence-electron chi connectivity index (χ1n) is 6.63. The molecule has 0 bridgehead atoms. The van der Waals surface area contributed by atoms with Crippen molar-refractivity contribution in [1.82, 2.24) is 10.0 Å². The summed E-state index contributed by atoms with van der Waals surface area (Å²) in [7, 11) is -3.14. The van der Waals surface area contributed by atoms with E-state index in [0.717, 1.165) is 32.2 Å². The van der Waals surface area contributed by atoms with E-state index in [1.54, 1.807) is 0 Å². The van der Waals surface area contributed by atoms with Crippen molar-refractivity contribution in [1.29, 1.82) is 0 Å². The maximum Gasteiger partial charge on any atom is 0.215 e. The maximum absolute atomic E-state index is 12.1. The number of piperidine rings is 1. The van der Waals surface area contributed by atoms with Crippen molar-refractivity contribution in [3.8, 4) is 0 Å². The molecule has 0 amide bonds. The van der Waals surface area contributed by atoms with Gasteiger partial charge in [-0.2, -0.15) is 0 Å². The third-order valence-electron chi connectivity index (χ3n) is 3.23. The first-order valence-corrected chi connectivity index (χ1v) is 8.18. The van der Waals surface area contributed by atoms with Crippen LogP contribution >= 0.6 is 0 Å². The summed E-state index contributed by atoms with van der Waals surface area (Å²) < 4.78 is 27.0. The second-order valence-corrected chi connectivity index (χ2v) is 7.50. The van der Waals surface area contributed by atoms with Gasteiger partial charge in [-0.05, 0) is 45.1 Å². The molecule has 0 aliphatic carbocycles. The van der Waals surface area contributed by atoms with Crippen LogP contribution in [0, 0.1) is 5.92 Å². The van der Waals surface area contributed by atoms with Crippen molar-refractivity contribution in [3.63, 3.8) is 0 Å². The molecule has 4 nitrogen and oxygen atoms in total. The molecule has 0 radical (unpaired) electrons. The molecule has 5 heteroatoms. The first-order chi connectivity index (χ1) is 7.92. The lowest BCUT2D eigenvalue weighted by molar-refractivity contribution is 0.463. The summed E-state index contributed by atoms with van der Waals surface area (Å²) >= 11 is 0. The van der Waals surface area contributed by atoms with Gasteiger partial charge in [0.2, 0.25) is 10.0 Å². The molecule has 1 saturated heterocycles.